The number of nitriles is 1. The van der Waals surface area contributed by atoms with Gasteiger partial charge in [-0.05, 0) is 25.3 Å². The molecule has 0 aliphatic carbocycles. The maximum atomic E-state index is 12.4. The van der Waals surface area contributed by atoms with Crippen molar-refractivity contribution >= 4 is 34.8 Å². The standard InChI is InChI=1S/C17H16N2O2S2/c1-4-8-23-16-12(10-18)15(13-7-6-9-22-13)14(11(3)19-16)17(20)21-5-2/h1,6-7,9,14-15H,5,8H2,2-3H3/t14?,15-/m1/s1. The fourth-order valence-electron chi connectivity index (χ4n) is 2.48. The second kappa shape index (κ2) is 8.01. The molecule has 4 nitrogen and oxygen atoms in total. The Bertz CT molecular complexity index is 721. The summed E-state index contributed by atoms with van der Waals surface area (Å²) in [6.07, 6.45) is 5.31. The highest BCUT2D eigenvalue weighted by Crippen LogP contribution is 2.43. The number of hydrogen-bond donors (Lipinski definition) is 0. The second-order valence-corrected chi connectivity index (χ2v) is 6.74. The van der Waals surface area contributed by atoms with Crippen LogP contribution in [0.25, 0.3) is 0 Å². The van der Waals surface area contributed by atoms with Crippen LogP contribution in [0.5, 0.6) is 0 Å². The van der Waals surface area contributed by atoms with E-state index >= 15 is 0 Å². The molecule has 0 aromatic carbocycles. The number of esters is 1. The van der Waals surface area contributed by atoms with Crippen LogP contribution in [0.1, 0.15) is 24.6 Å². The van der Waals surface area contributed by atoms with Crippen LogP contribution in [0.15, 0.2) is 33.1 Å². The minimum atomic E-state index is -0.571. The highest BCUT2D eigenvalue weighted by molar-refractivity contribution is 8.03. The van der Waals surface area contributed by atoms with E-state index in [1.165, 1.54) is 23.1 Å². The smallest absolute Gasteiger partial charge is 0.315 e. The maximum Gasteiger partial charge on any atom is 0.315 e. The van der Waals surface area contributed by atoms with Gasteiger partial charge in [0.25, 0.3) is 0 Å². The van der Waals surface area contributed by atoms with Crippen LogP contribution < -0.4 is 0 Å². The number of nitrogens with zero attached hydrogens (tertiary/aromatic N) is 2. The molecular formula is C17H16N2O2S2. The largest absolute Gasteiger partial charge is 0.465 e. The molecule has 118 valence electrons. The van der Waals surface area contributed by atoms with Crippen LogP contribution in [0, 0.1) is 29.6 Å². The van der Waals surface area contributed by atoms with Crippen LogP contribution >= 0.6 is 23.1 Å². The Labute approximate surface area is 144 Å². The van der Waals surface area contributed by atoms with Crippen molar-refractivity contribution in [1.29, 1.82) is 5.26 Å². The summed E-state index contributed by atoms with van der Waals surface area (Å²) < 4.78 is 5.20. The van der Waals surface area contributed by atoms with Crippen LogP contribution in [0.3, 0.4) is 0 Å². The van der Waals surface area contributed by atoms with Crippen LogP contribution in [-0.2, 0) is 9.53 Å². The summed E-state index contributed by atoms with van der Waals surface area (Å²) >= 11 is 2.87. The lowest BCUT2D eigenvalue weighted by molar-refractivity contribution is -0.145. The van der Waals surface area contributed by atoms with Gasteiger partial charge in [0.15, 0.2) is 0 Å². The van der Waals surface area contributed by atoms with Gasteiger partial charge in [0.05, 0.1) is 24.0 Å². The summed E-state index contributed by atoms with van der Waals surface area (Å²) in [5.41, 5.74) is 1.14. The van der Waals surface area contributed by atoms with Crippen molar-refractivity contribution in [2.75, 3.05) is 12.4 Å². The van der Waals surface area contributed by atoms with Crippen molar-refractivity contribution in [3.05, 3.63) is 33.0 Å². The van der Waals surface area contributed by atoms with Gasteiger partial charge in [0, 0.05) is 16.5 Å². The number of ether oxygens (including phenoxy) is 1. The minimum absolute atomic E-state index is 0.296. The van der Waals surface area contributed by atoms with Crippen molar-refractivity contribution in [2.24, 2.45) is 10.9 Å². The fourth-order valence-corrected chi connectivity index (χ4v) is 4.11. The zero-order valence-electron chi connectivity index (χ0n) is 12.9. The molecule has 1 aliphatic heterocycles. The second-order valence-electron chi connectivity index (χ2n) is 4.80. The monoisotopic (exact) mass is 344 g/mol. The number of allylic oxidation sites excluding steroid dienone is 1. The molecule has 0 N–H and O–H groups in total. The minimum Gasteiger partial charge on any atom is -0.465 e. The number of rotatable bonds is 5. The number of carbonyl (C=O) groups is 1. The molecule has 0 amide bonds. The Balaban J connectivity index is 2.53. The van der Waals surface area contributed by atoms with Gasteiger partial charge >= 0.3 is 5.97 Å². The quantitative estimate of drug-likeness (QED) is 0.605. The van der Waals surface area contributed by atoms with Gasteiger partial charge in [0.1, 0.15) is 10.9 Å². The van der Waals surface area contributed by atoms with Crippen LogP contribution in [-0.4, -0.2) is 24.0 Å². The van der Waals surface area contributed by atoms with E-state index in [1.54, 1.807) is 13.8 Å². The van der Waals surface area contributed by atoms with E-state index in [9.17, 15) is 10.1 Å². The summed E-state index contributed by atoms with van der Waals surface area (Å²) in [5.74, 6) is 1.69. The lowest BCUT2D eigenvalue weighted by atomic mass is 9.81. The summed E-state index contributed by atoms with van der Waals surface area (Å²) in [4.78, 5) is 17.8. The molecule has 2 heterocycles. The Morgan fingerprint density at radius 1 is 1.61 bits per heavy atom. The summed E-state index contributed by atoms with van der Waals surface area (Å²) in [5, 5.41) is 12.2. The number of terminal acetylenes is 1. The predicted molar refractivity (Wildman–Crippen MR) is 94.2 cm³/mol. The maximum absolute atomic E-state index is 12.4. The van der Waals surface area contributed by atoms with Crippen molar-refractivity contribution < 1.29 is 9.53 Å². The third-order valence-electron chi connectivity index (χ3n) is 3.41. The Hall–Kier alpha value is -2.02. The SMILES string of the molecule is C#CCSC1=C(C#N)[C@H](c2cccs2)C(C(=O)OCC)C(C)=N1. The van der Waals surface area contributed by atoms with E-state index in [1.807, 2.05) is 17.5 Å². The predicted octanol–water partition coefficient (Wildman–Crippen LogP) is 3.59. The third kappa shape index (κ3) is 3.67. The van der Waals surface area contributed by atoms with Gasteiger partial charge in [-0.25, -0.2) is 4.99 Å². The molecule has 6 heteroatoms. The lowest BCUT2D eigenvalue weighted by Crippen LogP contribution is -2.33. The van der Waals surface area contributed by atoms with Gasteiger partial charge in [0.2, 0.25) is 0 Å². The van der Waals surface area contributed by atoms with Gasteiger partial charge in [-0.15, -0.1) is 17.8 Å². The normalized spacial score (nSPS) is 20.4. The van der Waals surface area contributed by atoms with E-state index in [-0.39, 0.29) is 11.9 Å². The summed E-state index contributed by atoms with van der Waals surface area (Å²) in [6.45, 7) is 3.86. The summed E-state index contributed by atoms with van der Waals surface area (Å²) in [7, 11) is 0. The number of thioether (sulfide) groups is 1. The van der Waals surface area contributed by atoms with Gasteiger partial charge < -0.3 is 4.74 Å². The molecular weight excluding hydrogens is 328 g/mol. The van der Waals surface area contributed by atoms with E-state index in [2.05, 4.69) is 17.0 Å². The first-order chi connectivity index (χ1) is 11.1. The highest BCUT2D eigenvalue weighted by Gasteiger charge is 2.40. The average Bonchev–Trinajstić information content (AvgIpc) is 3.06. The Kier molecular flexibility index (Phi) is 6.04. The number of hydrogen-bond acceptors (Lipinski definition) is 6. The fraction of sp³-hybridized carbons (Fsp3) is 0.353. The molecule has 1 aliphatic rings. The van der Waals surface area contributed by atoms with Crippen molar-refractivity contribution in [2.45, 2.75) is 19.8 Å². The zero-order chi connectivity index (χ0) is 16.8. The Morgan fingerprint density at radius 3 is 2.96 bits per heavy atom. The van der Waals surface area contributed by atoms with Crippen LogP contribution in [0.2, 0.25) is 0 Å². The van der Waals surface area contributed by atoms with E-state index in [0.29, 0.717) is 28.7 Å². The van der Waals surface area contributed by atoms with Gasteiger partial charge in [-0.3, -0.25) is 4.79 Å². The molecule has 1 unspecified atom stereocenters. The topological polar surface area (TPSA) is 62.5 Å². The highest BCUT2D eigenvalue weighted by atomic mass is 32.2. The number of aliphatic imine (C=N–C) groups is 1. The first-order valence-corrected chi connectivity index (χ1v) is 8.96. The van der Waals surface area contributed by atoms with Crippen molar-refractivity contribution in [1.82, 2.24) is 0 Å². The molecule has 0 saturated heterocycles. The van der Waals surface area contributed by atoms with E-state index < -0.39 is 5.92 Å². The number of thiophene rings is 1. The molecule has 23 heavy (non-hydrogen) atoms. The van der Waals surface area contributed by atoms with Gasteiger partial charge in [-0.2, -0.15) is 5.26 Å². The molecule has 0 fully saturated rings. The average molecular weight is 344 g/mol. The molecule has 0 spiro atoms. The first kappa shape index (κ1) is 17.3. The molecule has 0 saturated carbocycles. The molecule has 2 atom stereocenters. The van der Waals surface area contributed by atoms with Gasteiger partial charge in [-0.1, -0.05) is 23.7 Å². The molecule has 1 aromatic heterocycles. The third-order valence-corrected chi connectivity index (χ3v) is 5.26. The zero-order valence-corrected chi connectivity index (χ0v) is 14.5. The molecule has 2 rings (SSSR count). The first-order valence-electron chi connectivity index (χ1n) is 7.09. The van der Waals surface area contributed by atoms with Crippen molar-refractivity contribution in [3.8, 4) is 18.4 Å². The summed E-state index contributed by atoms with van der Waals surface area (Å²) in [6, 6.07) is 6.07. The molecule has 0 radical (unpaired) electrons. The van der Waals surface area contributed by atoms with E-state index in [0.717, 1.165) is 4.88 Å². The molecule has 0 bridgehead atoms. The van der Waals surface area contributed by atoms with E-state index in [4.69, 9.17) is 11.2 Å². The lowest BCUT2D eigenvalue weighted by Gasteiger charge is -2.29. The van der Waals surface area contributed by atoms with Crippen molar-refractivity contribution in [3.63, 3.8) is 0 Å². The molecule has 1 aromatic rings. The van der Waals surface area contributed by atoms with Crippen LogP contribution in [0.4, 0.5) is 0 Å². The number of carbonyl (C=O) groups excluding carboxylic acids is 1. The Morgan fingerprint density at radius 2 is 2.39 bits per heavy atom.